The molecule has 0 saturated heterocycles. The van der Waals surface area contributed by atoms with Crippen LogP contribution in [0.4, 0.5) is 0 Å². The fraction of sp³-hybridized carbons (Fsp3) is 0.286. The van der Waals surface area contributed by atoms with Crippen molar-refractivity contribution in [2.24, 2.45) is 0 Å². The van der Waals surface area contributed by atoms with Gasteiger partial charge in [0.15, 0.2) is 0 Å². The normalized spacial score (nSPS) is 10.5. The second kappa shape index (κ2) is 32.3. The van der Waals surface area contributed by atoms with Gasteiger partial charge in [0.2, 0.25) is 0 Å². The summed E-state index contributed by atoms with van der Waals surface area (Å²) in [5.41, 5.74) is 17.1. The van der Waals surface area contributed by atoms with Crippen molar-refractivity contribution in [1.29, 1.82) is 0 Å². The van der Waals surface area contributed by atoms with Crippen molar-refractivity contribution >= 4 is 40.6 Å². The smallest absolute Gasteiger partial charge is 1.00 e. The largest absolute Gasteiger partial charge is 3.00 e. The third-order valence-corrected chi connectivity index (χ3v) is 11.3. The quantitative estimate of drug-likeness (QED) is 0.122. The van der Waals surface area contributed by atoms with Crippen LogP contribution in [-0.2, 0) is 52.4 Å². The summed E-state index contributed by atoms with van der Waals surface area (Å²) in [6, 6.07) is 52.0. The van der Waals surface area contributed by atoms with Gasteiger partial charge < -0.3 is 24.8 Å². The summed E-state index contributed by atoms with van der Waals surface area (Å²) in [5.74, 6) is 0.909. The molecule has 8 aromatic rings. The van der Waals surface area contributed by atoms with Crippen LogP contribution in [-0.4, -0.2) is 19.0 Å². The predicted molar refractivity (Wildman–Crippen MR) is 264 cm³/mol. The first-order valence-electron chi connectivity index (χ1n) is 20.8. The molecular weight excluding hydrogens is 982 g/mol. The summed E-state index contributed by atoms with van der Waals surface area (Å²) in [4.78, 5) is 0. The van der Waals surface area contributed by atoms with Crippen molar-refractivity contribution in [1.82, 2.24) is 0 Å². The fourth-order valence-electron chi connectivity index (χ4n) is 7.21. The van der Waals surface area contributed by atoms with Crippen LogP contribution in [0.15, 0.2) is 146 Å². The van der Waals surface area contributed by atoms with E-state index in [1.165, 1.54) is 88.3 Å². The van der Waals surface area contributed by atoms with E-state index in [-0.39, 0.29) is 77.2 Å². The third-order valence-electron chi connectivity index (χ3n) is 11.3. The Balaban J connectivity index is 0. The van der Waals surface area contributed by atoms with Crippen molar-refractivity contribution in [2.75, 3.05) is 0 Å². The van der Waals surface area contributed by atoms with Gasteiger partial charge in [-0.25, -0.2) is 0 Å². The van der Waals surface area contributed by atoms with Crippen LogP contribution in [0.3, 0.4) is 0 Å². The Labute approximate surface area is 433 Å². The Hall–Kier alpha value is -2.42. The number of rotatable bonds is 4. The van der Waals surface area contributed by atoms with Gasteiger partial charge in [-0.1, -0.05) is 179 Å². The van der Waals surface area contributed by atoms with E-state index in [0.29, 0.717) is 11.8 Å². The van der Waals surface area contributed by atoms with E-state index in [1.807, 2.05) is 0 Å². The summed E-state index contributed by atoms with van der Waals surface area (Å²) >= 11 is 0. The Morgan fingerprint density at radius 1 is 0.452 bits per heavy atom. The fourth-order valence-corrected chi connectivity index (χ4v) is 7.21. The van der Waals surface area contributed by atoms with Crippen molar-refractivity contribution in [3.63, 3.8) is 0 Å². The van der Waals surface area contributed by atoms with Gasteiger partial charge in [-0.05, 0) is 11.8 Å². The molecule has 322 valence electrons. The molecule has 0 heterocycles. The molecule has 0 aromatic heterocycles. The summed E-state index contributed by atoms with van der Waals surface area (Å²) in [7, 11) is 2.17. The molecule has 62 heavy (non-hydrogen) atoms. The van der Waals surface area contributed by atoms with E-state index in [1.54, 1.807) is 0 Å². The van der Waals surface area contributed by atoms with Crippen molar-refractivity contribution in [3.05, 3.63) is 212 Å². The molecule has 6 heteroatoms. The van der Waals surface area contributed by atoms with Gasteiger partial charge >= 0.3 is 52.4 Å². The third kappa shape index (κ3) is 17.9. The molecule has 0 aliphatic carbocycles. The number of benzene rings is 4. The zero-order valence-corrected chi connectivity index (χ0v) is 48.2. The molecular formula is C56H68Cl2Si2Zr2. The van der Waals surface area contributed by atoms with Crippen LogP contribution in [0.25, 0.3) is 21.5 Å². The van der Waals surface area contributed by atoms with E-state index in [4.69, 9.17) is 0 Å². The van der Waals surface area contributed by atoms with E-state index in [2.05, 4.69) is 241 Å². The Bertz CT molecular complexity index is 2150. The maximum Gasteiger partial charge on any atom is 3.00 e. The molecule has 8 rings (SSSR count). The van der Waals surface area contributed by atoms with Gasteiger partial charge in [0.1, 0.15) is 0 Å². The molecule has 0 aliphatic rings. The maximum absolute atomic E-state index is 2.27. The minimum absolute atomic E-state index is 0. The average molecular weight is 1050 g/mol. The first kappa shape index (κ1) is 61.7. The SMILES string of the molecule is CC(c1ccccc1)c1c[cH-]c2ccccc12.CC(c1ccccc1)c1c[cH-]c2ccccc12.C[Si]C.C[Si]C.Cc1c[c-](C)c(C)c1C.Cc1c[c-](C)c(C)c1C.[Cl-].[Cl-].[Zr+3].[Zr+3]. The van der Waals surface area contributed by atoms with Crippen LogP contribution < -0.4 is 24.8 Å². The average Bonchev–Trinajstić information content (AvgIpc) is 3.98. The molecule has 0 saturated carbocycles. The molecule has 0 N–H and O–H groups in total. The Morgan fingerprint density at radius 3 is 0.968 bits per heavy atom. The molecule has 0 amide bonds. The molecule has 6 radical (unpaired) electrons. The zero-order chi connectivity index (χ0) is 42.8. The maximum atomic E-state index is 2.27. The first-order chi connectivity index (χ1) is 27.8. The monoisotopic (exact) mass is 1050 g/mol. The van der Waals surface area contributed by atoms with Crippen LogP contribution in [0, 0.1) is 55.4 Å². The second-order valence-electron chi connectivity index (χ2n) is 15.5. The Kier molecular flexibility index (Phi) is 32.1. The summed E-state index contributed by atoms with van der Waals surface area (Å²) < 4.78 is 0. The number of hydrogen-bond donors (Lipinski definition) is 0. The second-order valence-corrected chi connectivity index (χ2v) is 17.5. The molecule has 2 unspecified atom stereocenters. The van der Waals surface area contributed by atoms with Crippen molar-refractivity contribution in [3.8, 4) is 0 Å². The number of halogens is 2. The minimum Gasteiger partial charge on any atom is -1.00 e. The van der Waals surface area contributed by atoms with Crippen LogP contribution in [0.1, 0.15) is 92.4 Å². The van der Waals surface area contributed by atoms with E-state index < -0.39 is 0 Å². The van der Waals surface area contributed by atoms with E-state index >= 15 is 0 Å². The molecule has 2 atom stereocenters. The van der Waals surface area contributed by atoms with Gasteiger partial charge in [0, 0.05) is 19.0 Å². The van der Waals surface area contributed by atoms with Crippen molar-refractivity contribution < 1.29 is 77.2 Å². The molecule has 8 aromatic carbocycles. The molecule has 0 nitrogen and oxygen atoms in total. The standard InChI is InChI=1S/2C17H15.2C9H13.2C2H6Si.2ClH.2Zr/c2*1-13(14-7-3-2-4-8-14)16-12-11-15-9-5-6-10-17(15)16;2*1-6-5-7(2)9(4)8(6)3;2*1-3-2;;;;/h2*2-13H,1H3;2*5H,1-4H3;2*1-2H3;2*1H;;/q4*-1;;;;;2*+3/p-2. The van der Waals surface area contributed by atoms with Crippen LogP contribution in [0.2, 0.25) is 26.2 Å². The molecule has 0 fully saturated rings. The minimum atomic E-state index is 0. The molecule has 0 bridgehead atoms. The first-order valence-corrected chi connectivity index (χ1v) is 24.8. The van der Waals surface area contributed by atoms with Gasteiger partial charge in [-0.3, -0.25) is 0 Å². The predicted octanol–water partition coefficient (Wildman–Crippen LogP) is 10.3. The number of aryl methyl sites for hydroxylation is 4. The molecule has 0 spiro atoms. The van der Waals surface area contributed by atoms with Crippen LogP contribution >= 0.6 is 0 Å². The summed E-state index contributed by atoms with van der Waals surface area (Å²) in [6.07, 6.45) is 0. The molecule has 0 aliphatic heterocycles. The van der Waals surface area contributed by atoms with E-state index in [0.717, 1.165) is 19.0 Å². The number of fused-ring (bicyclic) bond motifs is 2. The van der Waals surface area contributed by atoms with Gasteiger partial charge in [-0.15, -0.1) is 93.3 Å². The number of hydrogen-bond acceptors (Lipinski definition) is 0. The van der Waals surface area contributed by atoms with Gasteiger partial charge in [0.25, 0.3) is 0 Å². The summed E-state index contributed by atoms with van der Waals surface area (Å²) in [6.45, 7) is 30.5. The van der Waals surface area contributed by atoms with Gasteiger partial charge in [-0.2, -0.15) is 56.6 Å². The topological polar surface area (TPSA) is 0 Å². The summed E-state index contributed by atoms with van der Waals surface area (Å²) in [5, 5.41) is 5.43. The van der Waals surface area contributed by atoms with Crippen molar-refractivity contribution in [2.45, 2.75) is 107 Å². The van der Waals surface area contributed by atoms with Gasteiger partial charge in [0.05, 0.1) is 0 Å². The van der Waals surface area contributed by atoms with E-state index in [9.17, 15) is 0 Å². The zero-order valence-electron chi connectivity index (χ0n) is 39.8. The Morgan fingerprint density at radius 2 is 0.726 bits per heavy atom. The van der Waals surface area contributed by atoms with Crippen LogP contribution in [0.5, 0.6) is 0 Å².